The molecule has 0 bridgehead atoms. The van der Waals surface area contributed by atoms with E-state index in [1.165, 1.54) is 11.3 Å². The molecule has 0 saturated carbocycles. The Balaban J connectivity index is 1.42. The van der Waals surface area contributed by atoms with Gasteiger partial charge in [0.15, 0.2) is 11.6 Å². The first-order chi connectivity index (χ1) is 13.0. The highest BCUT2D eigenvalue weighted by molar-refractivity contribution is 7.11. The zero-order chi connectivity index (χ0) is 19.0. The number of nitrogens with zero attached hydrogens (tertiary/aromatic N) is 7. The number of hydrogen-bond acceptors (Lipinski definition) is 7. The van der Waals surface area contributed by atoms with Crippen LogP contribution in [-0.2, 0) is 0 Å². The molecule has 1 fully saturated rings. The molecule has 1 aliphatic heterocycles. The maximum absolute atomic E-state index is 12.6. The van der Waals surface area contributed by atoms with Gasteiger partial charge in [-0.3, -0.25) is 4.79 Å². The van der Waals surface area contributed by atoms with E-state index in [4.69, 9.17) is 0 Å². The molecule has 1 amide bonds. The zero-order valence-electron chi connectivity index (χ0n) is 15.6. The number of hydrogen-bond donors (Lipinski definition) is 0. The first-order valence-corrected chi connectivity index (χ1v) is 9.72. The molecule has 4 heterocycles. The lowest BCUT2D eigenvalue weighted by atomic mass is 10.2. The highest BCUT2D eigenvalue weighted by Gasteiger charge is 2.25. The number of aryl methyl sites for hydroxylation is 3. The van der Waals surface area contributed by atoms with Gasteiger partial charge in [-0.15, -0.1) is 21.5 Å². The fourth-order valence-electron chi connectivity index (χ4n) is 3.25. The van der Waals surface area contributed by atoms with Crippen molar-refractivity contribution in [1.82, 2.24) is 29.9 Å². The molecule has 9 heteroatoms. The standard InChI is InChI=1S/C18H21N7OS/c1-12-10-13(2)25(22-12)16-5-4-15(20-21-16)23-6-8-24(9-7-23)18(26)17-14(3)19-11-27-17/h4-5,10-11H,6-9H2,1-3H3. The Bertz CT molecular complexity index is 955. The normalized spacial score (nSPS) is 14.6. The van der Waals surface area contributed by atoms with Crippen molar-refractivity contribution in [3.8, 4) is 5.82 Å². The summed E-state index contributed by atoms with van der Waals surface area (Å²) in [5.41, 5.74) is 4.51. The number of rotatable bonds is 3. The van der Waals surface area contributed by atoms with Gasteiger partial charge < -0.3 is 9.80 Å². The summed E-state index contributed by atoms with van der Waals surface area (Å²) in [4.78, 5) is 21.5. The molecule has 0 aromatic carbocycles. The molecule has 27 heavy (non-hydrogen) atoms. The highest BCUT2D eigenvalue weighted by atomic mass is 32.1. The van der Waals surface area contributed by atoms with Crippen molar-refractivity contribution >= 4 is 23.1 Å². The number of aromatic nitrogens is 5. The molecule has 0 radical (unpaired) electrons. The number of thiazole rings is 1. The summed E-state index contributed by atoms with van der Waals surface area (Å²) in [6.45, 7) is 8.62. The van der Waals surface area contributed by atoms with Crippen LogP contribution in [0, 0.1) is 20.8 Å². The highest BCUT2D eigenvalue weighted by Crippen LogP contribution is 2.19. The van der Waals surface area contributed by atoms with Crippen LogP contribution in [0.25, 0.3) is 5.82 Å². The third-order valence-corrected chi connectivity index (χ3v) is 5.61. The van der Waals surface area contributed by atoms with E-state index in [0.717, 1.165) is 40.9 Å². The molecule has 3 aromatic heterocycles. The van der Waals surface area contributed by atoms with Gasteiger partial charge in [-0.1, -0.05) is 0 Å². The van der Waals surface area contributed by atoms with E-state index in [-0.39, 0.29) is 5.91 Å². The Kier molecular flexibility index (Phi) is 4.61. The minimum absolute atomic E-state index is 0.0700. The van der Waals surface area contributed by atoms with Crippen LogP contribution in [0.15, 0.2) is 23.7 Å². The molecule has 3 aromatic rings. The lowest BCUT2D eigenvalue weighted by molar-refractivity contribution is 0.0750. The molecule has 0 unspecified atom stereocenters. The number of amides is 1. The SMILES string of the molecule is Cc1cc(C)n(-c2ccc(N3CCN(C(=O)c4scnc4C)CC3)nn2)n1. The number of carbonyl (C=O) groups is 1. The van der Waals surface area contributed by atoms with Gasteiger partial charge in [0.2, 0.25) is 0 Å². The van der Waals surface area contributed by atoms with E-state index in [1.807, 2.05) is 43.9 Å². The summed E-state index contributed by atoms with van der Waals surface area (Å²) in [5.74, 6) is 1.60. The van der Waals surface area contributed by atoms with Gasteiger partial charge in [0.25, 0.3) is 5.91 Å². The van der Waals surface area contributed by atoms with Crippen molar-refractivity contribution in [2.24, 2.45) is 0 Å². The molecule has 0 N–H and O–H groups in total. The largest absolute Gasteiger partial charge is 0.352 e. The van der Waals surface area contributed by atoms with Crippen LogP contribution in [-0.4, -0.2) is 61.9 Å². The van der Waals surface area contributed by atoms with Crippen LogP contribution < -0.4 is 4.90 Å². The Morgan fingerprint density at radius 2 is 1.74 bits per heavy atom. The first-order valence-electron chi connectivity index (χ1n) is 8.84. The summed E-state index contributed by atoms with van der Waals surface area (Å²) < 4.78 is 1.79. The molecule has 8 nitrogen and oxygen atoms in total. The van der Waals surface area contributed by atoms with E-state index in [9.17, 15) is 4.79 Å². The first kappa shape index (κ1) is 17.6. The third kappa shape index (κ3) is 3.42. The summed E-state index contributed by atoms with van der Waals surface area (Å²) in [7, 11) is 0. The van der Waals surface area contributed by atoms with Crippen molar-refractivity contribution in [3.05, 3.63) is 45.7 Å². The fraction of sp³-hybridized carbons (Fsp3) is 0.389. The van der Waals surface area contributed by atoms with Crippen LogP contribution in [0.2, 0.25) is 0 Å². The fourth-order valence-corrected chi connectivity index (χ4v) is 4.02. The second-order valence-electron chi connectivity index (χ2n) is 6.63. The predicted molar refractivity (Wildman–Crippen MR) is 104 cm³/mol. The van der Waals surface area contributed by atoms with Crippen molar-refractivity contribution in [2.75, 3.05) is 31.1 Å². The van der Waals surface area contributed by atoms with E-state index in [1.54, 1.807) is 10.2 Å². The van der Waals surface area contributed by atoms with Gasteiger partial charge in [-0.2, -0.15) is 5.10 Å². The summed E-state index contributed by atoms with van der Waals surface area (Å²) in [6.07, 6.45) is 0. The second kappa shape index (κ2) is 7.07. The van der Waals surface area contributed by atoms with Crippen LogP contribution in [0.1, 0.15) is 26.8 Å². The second-order valence-corrected chi connectivity index (χ2v) is 7.49. The Morgan fingerprint density at radius 1 is 1.04 bits per heavy atom. The van der Waals surface area contributed by atoms with Crippen LogP contribution in [0.4, 0.5) is 5.82 Å². The summed E-state index contributed by atoms with van der Waals surface area (Å²) >= 11 is 1.40. The van der Waals surface area contributed by atoms with Gasteiger partial charge in [-0.25, -0.2) is 9.67 Å². The molecule has 0 spiro atoms. The molecule has 140 valence electrons. The van der Waals surface area contributed by atoms with Gasteiger partial charge in [0, 0.05) is 31.9 Å². The molecule has 0 aliphatic carbocycles. The molecular formula is C18H21N7OS. The maximum atomic E-state index is 12.6. The number of carbonyl (C=O) groups excluding carboxylic acids is 1. The minimum Gasteiger partial charge on any atom is -0.352 e. The lowest BCUT2D eigenvalue weighted by Gasteiger charge is -2.35. The van der Waals surface area contributed by atoms with Crippen molar-refractivity contribution in [1.29, 1.82) is 0 Å². The van der Waals surface area contributed by atoms with Gasteiger partial charge in [-0.05, 0) is 39.0 Å². The zero-order valence-corrected chi connectivity index (χ0v) is 16.4. The van der Waals surface area contributed by atoms with Gasteiger partial charge in [0.1, 0.15) is 4.88 Å². The molecule has 1 saturated heterocycles. The number of piperazine rings is 1. The Labute approximate surface area is 161 Å². The molecular weight excluding hydrogens is 362 g/mol. The monoisotopic (exact) mass is 383 g/mol. The number of anilines is 1. The van der Waals surface area contributed by atoms with E-state index in [0.29, 0.717) is 18.9 Å². The summed E-state index contributed by atoms with van der Waals surface area (Å²) in [5, 5.41) is 13.1. The van der Waals surface area contributed by atoms with E-state index >= 15 is 0 Å². The van der Waals surface area contributed by atoms with Crippen LogP contribution in [0.3, 0.4) is 0 Å². The smallest absolute Gasteiger partial charge is 0.265 e. The van der Waals surface area contributed by atoms with Crippen molar-refractivity contribution in [3.63, 3.8) is 0 Å². The minimum atomic E-state index is 0.0700. The summed E-state index contributed by atoms with van der Waals surface area (Å²) in [6, 6.07) is 5.90. The predicted octanol–water partition coefficient (Wildman–Crippen LogP) is 2.01. The maximum Gasteiger partial charge on any atom is 0.265 e. The van der Waals surface area contributed by atoms with E-state index < -0.39 is 0 Å². The lowest BCUT2D eigenvalue weighted by Crippen LogP contribution is -2.49. The van der Waals surface area contributed by atoms with Gasteiger partial charge >= 0.3 is 0 Å². The van der Waals surface area contributed by atoms with Crippen LogP contribution >= 0.6 is 11.3 Å². The van der Waals surface area contributed by atoms with Gasteiger partial charge in [0.05, 0.1) is 16.9 Å². The van der Waals surface area contributed by atoms with Crippen molar-refractivity contribution < 1.29 is 4.79 Å². The third-order valence-electron chi connectivity index (χ3n) is 4.69. The molecule has 4 rings (SSSR count). The van der Waals surface area contributed by atoms with E-state index in [2.05, 4.69) is 25.2 Å². The Hall–Kier alpha value is -2.81. The topological polar surface area (TPSA) is 80.0 Å². The van der Waals surface area contributed by atoms with Crippen LogP contribution in [0.5, 0.6) is 0 Å². The average Bonchev–Trinajstić information content (AvgIpc) is 3.26. The molecule has 0 atom stereocenters. The quantitative estimate of drug-likeness (QED) is 0.688. The molecule has 1 aliphatic rings. The van der Waals surface area contributed by atoms with Crippen molar-refractivity contribution in [2.45, 2.75) is 20.8 Å². The average molecular weight is 383 g/mol. The Morgan fingerprint density at radius 3 is 2.30 bits per heavy atom.